The Hall–Kier alpha value is -6.46. The first-order chi connectivity index (χ1) is 24.7. The summed E-state index contributed by atoms with van der Waals surface area (Å²) in [6.45, 7) is 2.21. The van der Waals surface area contributed by atoms with E-state index in [1.807, 2.05) is 18.3 Å². The summed E-state index contributed by atoms with van der Waals surface area (Å²) in [5.41, 5.74) is 5.52. The molecule has 0 N–H and O–H groups in total. The monoisotopic (exact) mass is 642 g/mol. The normalized spacial score (nSPS) is 15.7. The van der Waals surface area contributed by atoms with Gasteiger partial charge >= 0.3 is 0 Å². The van der Waals surface area contributed by atoms with Crippen LogP contribution in [0.2, 0.25) is 0 Å². The van der Waals surface area contributed by atoms with Crippen molar-refractivity contribution in [1.82, 2.24) is 19.9 Å². The average molecular weight is 643 g/mol. The molecule has 0 spiro atoms. The smallest absolute Gasteiger partial charge is 0.165 e. The molecule has 0 saturated carbocycles. The quantitative estimate of drug-likeness (QED) is 0.179. The molecular weight excluding hydrogens is 613 g/mol. The summed E-state index contributed by atoms with van der Waals surface area (Å²) >= 11 is 0. The predicted molar refractivity (Wildman–Crippen MR) is 205 cm³/mol. The largest absolute Gasteiger partial charge is 0.460 e. The zero-order valence-corrected chi connectivity index (χ0v) is 27.3. The lowest BCUT2D eigenvalue weighted by Crippen LogP contribution is -2.01. The summed E-state index contributed by atoms with van der Waals surface area (Å²) in [6, 6.07) is 40.2. The lowest BCUT2D eigenvalue weighted by Gasteiger charge is -2.11. The van der Waals surface area contributed by atoms with Gasteiger partial charge in [-0.15, -0.1) is 0 Å². The van der Waals surface area contributed by atoms with Gasteiger partial charge in [-0.05, 0) is 51.6 Å². The van der Waals surface area contributed by atoms with E-state index >= 15 is 0 Å². The number of aromatic nitrogens is 4. The average Bonchev–Trinajstić information content (AvgIpc) is 3.54. The summed E-state index contributed by atoms with van der Waals surface area (Å²) in [5, 5.41) is 9.10. The molecule has 9 aromatic rings. The fourth-order valence-electron chi connectivity index (χ4n) is 7.42. The van der Waals surface area contributed by atoms with Gasteiger partial charge in [0.25, 0.3) is 0 Å². The predicted octanol–water partition coefficient (Wildman–Crippen LogP) is 11.7. The minimum Gasteiger partial charge on any atom is -0.460 e. The maximum Gasteiger partial charge on any atom is 0.165 e. The van der Waals surface area contributed by atoms with Crippen molar-refractivity contribution in [3.63, 3.8) is 0 Å². The number of nitrogens with zero attached hydrogens (tertiary/aromatic N) is 4. The minimum atomic E-state index is 0.242. The van der Waals surface area contributed by atoms with Crippen LogP contribution in [0, 0.1) is 0 Å². The highest BCUT2D eigenvalue weighted by molar-refractivity contribution is 6.16. The molecule has 0 unspecified atom stereocenters. The summed E-state index contributed by atoms with van der Waals surface area (Å²) in [7, 11) is 0. The molecule has 5 nitrogen and oxygen atoms in total. The summed E-state index contributed by atoms with van der Waals surface area (Å²) < 4.78 is 6.52. The number of pyridine rings is 1. The van der Waals surface area contributed by atoms with Gasteiger partial charge in [-0.2, -0.15) is 0 Å². The van der Waals surface area contributed by atoms with Crippen LogP contribution in [0.15, 0.2) is 144 Å². The van der Waals surface area contributed by atoms with Crippen LogP contribution in [0.4, 0.5) is 0 Å². The topological polar surface area (TPSA) is 64.7 Å². The Morgan fingerprint density at radius 2 is 1.34 bits per heavy atom. The van der Waals surface area contributed by atoms with Crippen LogP contribution >= 0.6 is 0 Å². The molecule has 0 aliphatic heterocycles. The molecule has 0 bridgehead atoms. The van der Waals surface area contributed by atoms with E-state index in [0.717, 1.165) is 67.1 Å². The second kappa shape index (κ2) is 11.3. The maximum atomic E-state index is 6.52. The zero-order chi connectivity index (χ0) is 33.2. The Morgan fingerprint density at radius 1 is 0.600 bits per heavy atom. The SMILES string of the molecule is C[C@@H]1C/C=C/C=C\c2c1oc1cccc(-c3nc(-c4ccc5ccccc5c4)nc(-c4cnc5c(ccc6c7ccccc7ccc65)c4)n3)c21. The van der Waals surface area contributed by atoms with Gasteiger partial charge in [-0.1, -0.05) is 128 Å². The highest BCUT2D eigenvalue weighted by Crippen LogP contribution is 2.40. The highest BCUT2D eigenvalue weighted by atomic mass is 16.3. The lowest BCUT2D eigenvalue weighted by molar-refractivity contribution is 0.506. The van der Waals surface area contributed by atoms with Crippen LogP contribution < -0.4 is 0 Å². The molecule has 6 aromatic carbocycles. The van der Waals surface area contributed by atoms with Gasteiger partial charge < -0.3 is 4.42 Å². The Labute approximate surface area is 288 Å². The van der Waals surface area contributed by atoms with Gasteiger partial charge in [-0.25, -0.2) is 15.0 Å². The van der Waals surface area contributed by atoms with Crippen molar-refractivity contribution in [2.24, 2.45) is 0 Å². The maximum absolute atomic E-state index is 6.52. The molecule has 50 heavy (non-hydrogen) atoms. The molecule has 0 radical (unpaired) electrons. The number of benzene rings is 6. The van der Waals surface area contributed by atoms with E-state index < -0.39 is 0 Å². The molecule has 1 atom stereocenters. The van der Waals surface area contributed by atoms with Crippen LogP contribution in [0.3, 0.4) is 0 Å². The van der Waals surface area contributed by atoms with Gasteiger partial charge in [0.15, 0.2) is 17.5 Å². The Bertz CT molecular complexity index is 2880. The Balaban J connectivity index is 1.20. The Kier molecular flexibility index (Phi) is 6.46. The van der Waals surface area contributed by atoms with E-state index in [1.54, 1.807) is 0 Å². The van der Waals surface area contributed by atoms with Gasteiger partial charge in [0, 0.05) is 50.5 Å². The van der Waals surface area contributed by atoms with Crippen molar-refractivity contribution in [3.8, 4) is 34.2 Å². The first kappa shape index (κ1) is 28.5. The number of furan rings is 1. The van der Waals surface area contributed by atoms with Crippen LogP contribution in [0.5, 0.6) is 0 Å². The molecule has 0 amide bonds. The minimum absolute atomic E-state index is 0.242. The molecule has 1 aliphatic rings. The van der Waals surface area contributed by atoms with Crippen LogP contribution in [-0.4, -0.2) is 19.9 Å². The number of hydrogen-bond donors (Lipinski definition) is 0. The molecule has 0 saturated heterocycles. The standard InChI is InChI=1S/C45H30N4O/c1-27-10-3-2-4-15-37-40-38(16-9-17-39(40)50-42(27)37)45-48-43(32-19-18-28-11-5-6-13-30(28)24-32)47-44(49-45)33-25-31-21-22-35-34-14-8-7-12-29(34)20-23-36(35)41(31)46-26-33/h2-9,11-27H,10H2,1H3/b3-2+,15-4-/t27-/m1/s1. The zero-order valence-electron chi connectivity index (χ0n) is 27.3. The lowest BCUT2D eigenvalue weighted by atomic mass is 9.95. The fourth-order valence-corrected chi connectivity index (χ4v) is 7.42. The molecule has 3 aromatic heterocycles. The Morgan fingerprint density at radius 3 is 2.26 bits per heavy atom. The highest BCUT2D eigenvalue weighted by Gasteiger charge is 2.23. The molecule has 5 heteroatoms. The first-order valence-electron chi connectivity index (χ1n) is 17.0. The van der Waals surface area contributed by atoms with Gasteiger partial charge in [-0.3, -0.25) is 4.98 Å². The van der Waals surface area contributed by atoms with Crippen molar-refractivity contribution in [2.45, 2.75) is 19.3 Å². The van der Waals surface area contributed by atoms with Crippen molar-refractivity contribution >= 4 is 60.3 Å². The third-order valence-electron chi connectivity index (χ3n) is 9.94. The van der Waals surface area contributed by atoms with E-state index in [4.69, 9.17) is 24.4 Å². The van der Waals surface area contributed by atoms with Crippen molar-refractivity contribution in [2.75, 3.05) is 0 Å². The van der Waals surface area contributed by atoms with Gasteiger partial charge in [0.1, 0.15) is 11.3 Å². The van der Waals surface area contributed by atoms with E-state index in [-0.39, 0.29) is 5.92 Å². The van der Waals surface area contributed by atoms with Gasteiger partial charge in [0.2, 0.25) is 0 Å². The second-order valence-corrected chi connectivity index (χ2v) is 13.1. The van der Waals surface area contributed by atoms with E-state index in [9.17, 15) is 0 Å². The van der Waals surface area contributed by atoms with Crippen LogP contribution in [0.1, 0.15) is 30.6 Å². The fraction of sp³-hybridized carbons (Fsp3) is 0.0667. The van der Waals surface area contributed by atoms with Crippen molar-refractivity contribution in [3.05, 3.63) is 151 Å². The van der Waals surface area contributed by atoms with Crippen LogP contribution in [0.25, 0.3) is 94.4 Å². The third kappa shape index (κ3) is 4.62. The number of fused-ring (bicyclic) bond motifs is 9. The summed E-state index contributed by atoms with van der Waals surface area (Å²) in [5.74, 6) is 3.00. The molecular formula is C45H30N4O. The van der Waals surface area contributed by atoms with Crippen LogP contribution in [-0.2, 0) is 0 Å². The van der Waals surface area contributed by atoms with Crippen molar-refractivity contribution < 1.29 is 4.42 Å². The van der Waals surface area contributed by atoms with E-state index in [2.05, 4.69) is 134 Å². The molecule has 236 valence electrons. The van der Waals surface area contributed by atoms with E-state index in [0.29, 0.717) is 17.5 Å². The van der Waals surface area contributed by atoms with Gasteiger partial charge in [0.05, 0.1) is 5.52 Å². The summed E-state index contributed by atoms with van der Waals surface area (Å²) in [6.07, 6.45) is 11.3. The molecule has 3 heterocycles. The molecule has 1 aliphatic carbocycles. The second-order valence-electron chi connectivity index (χ2n) is 13.1. The number of rotatable bonds is 3. The number of hydrogen-bond acceptors (Lipinski definition) is 5. The number of allylic oxidation sites excluding steroid dienone is 3. The first-order valence-corrected chi connectivity index (χ1v) is 17.0. The summed E-state index contributed by atoms with van der Waals surface area (Å²) in [4.78, 5) is 20.5. The molecule has 0 fully saturated rings. The molecule has 10 rings (SSSR count). The third-order valence-corrected chi connectivity index (χ3v) is 9.94. The van der Waals surface area contributed by atoms with Crippen molar-refractivity contribution in [1.29, 1.82) is 0 Å². The van der Waals surface area contributed by atoms with E-state index in [1.165, 1.54) is 21.5 Å².